The van der Waals surface area contributed by atoms with E-state index in [0.717, 1.165) is 12.8 Å². The highest BCUT2D eigenvalue weighted by Crippen LogP contribution is 2.71. The number of carbonyl (C=O) groups excluding carboxylic acids is 4. The van der Waals surface area contributed by atoms with Gasteiger partial charge < -0.3 is 14.6 Å². The van der Waals surface area contributed by atoms with Crippen molar-refractivity contribution in [3.8, 4) is 0 Å². The van der Waals surface area contributed by atoms with Crippen LogP contribution in [0.15, 0.2) is 23.8 Å². The minimum absolute atomic E-state index is 0.101. The van der Waals surface area contributed by atoms with E-state index in [1.54, 1.807) is 13.0 Å². The number of aliphatic hydroxyl groups excluding tert-OH is 1. The maximum Gasteiger partial charge on any atom is 0.306 e. The average molecular weight is 561 g/mol. The van der Waals surface area contributed by atoms with E-state index in [1.807, 2.05) is 27.7 Å². The summed E-state index contributed by atoms with van der Waals surface area (Å²) < 4.78 is 29.1. The van der Waals surface area contributed by atoms with Crippen molar-refractivity contribution in [3.05, 3.63) is 23.8 Å². The molecule has 40 heavy (non-hydrogen) atoms. The summed E-state index contributed by atoms with van der Waals surface area (Å²) in [6, 6.07) is 0. The van der Waals surface area contributed by atoms with E-state index < -0.39 is 64.4 Å². The van der Waals surface area contributed by atoms with Crippen molar-refractivity contribution in [2.75, 3.05) is 6.61 Å². The summed E-state index contributed by atoms with van der Waals surface area (Å²) in [6.07, 6.45) is 7.38. The lowest BCUT2D eigenvalue weighted by molar-refractivity contribution is -0.228. The van der Waals surface area contributed by atoms with Crippen LogP contribution in [0.3, 0.4) is 0 Å². The second-order valence-electron chi connectivity index (χ2n) is 12.9. The fourth-order valence-electron chi connectivity index (χ4n) is 8.60. The Morgan fingerprint density at radius 3 is 2.38 bits per heavy atom. The van der Waals surface area contributed by atoms with Gasteiger partial charge in [0.15, 0.2) is 23.7 Å². The van der Waals surface area contributed by atoms with Crippen LogP contribution in [0, 0.1) is 28.6 Å². The molecule has 0 aromatic heterocycles. The van der Waals surface area contributed by atoms with Crippen LogP contribution in [-0.2, 0) is 28.7 Å². The molecule has 0 saturated heterocycles. The number of aliphatic hydroxyl groups is 1. The van der Waals surface area contributed by atoms with Gasteiger partial charge in [0, 0.05) is 35.5 Å². The number of unbranched alkanes of at least 4 members (excludes halogenated alkanes) is 2. The molecule has 8 heteroatoms. The standard InChI is InChI=1S/C32H45FO7/c1-6-8-10-27(37)39-19-26(36)32(40-28(38)11-9-7-2)20(3)16-24-23-13-12-21-17-22(34)14-15-29(21,4)31(23,33)25(35)18-30(24,32)5/h14-15,17,20,23-25,35H,6-13,16,18-19H2,1-5H3/t20-,23+,24+,25+,29+,30+,31+,32-/m1/s1. The lowest BCUT2D eigenvalue weighted by Gasteiger charge is -2.62. The molecule has 0 bridgehead atoms. The molecule has 7 nitrogen and oxygen atoms in total. The summed E-state index contributed by atoms with van der Waals surface area (Å²) in [7, 11) is 0. The van der Waals surface area contributed by atoms with Crippen LogP contribution in [0.4, 0.5) is 4.39 Å². The first-order chi connectivity index (χ1) is 18.8. The van der Waals surface area contributed by atoms with Gasteiger partial charge in [-0.05, 0) is 63.5 Å². The number of alkyl halides is 1. The number of carbonyl (C=O) groups is 4. The Kier molecular flexibility index (Phi) is 8.53. The van der Waals surface area contributed by atoms with Crippen LogP contribution in [-0.4, -0.2) is 52.6 Å². The highest BCUT2D eigenvalue weighted by Gasteiger charge is 2.77. The zero-order chi connectivity index (χ0) is 29.5. The zero-order valence-corrected chi connectivity index (χ0v) is 24.6. The normalized spacial score (nSPS) is 40.0. The van der Waals surface area contributed by atoms with Crippen LogP contribution in [0.25, 0.3) is 0 Å². The SMILES string of the molecule is CCCCC(=O)OCC(=O)[C@]1(OC(=O)CCCC)[C@H](C)C[C@H]2[C@@H]3CCC4=CC(=O)C=C[C@]4(C)[C@@]3(F)[C@@H](O)C[C@@]21C. The van der Waals surface area contributed by atoms with Crippen molar-refractivity contribution in [2.24, 2.45) is 28.6 Å². The number of hydrogen-bond donors (Lipinski definition) is 1. The Hall–Kier alpha value is -2.35. The monoisotopic (exact) mass is 560 g/mol. The molecule has 0 aliphatic heterocycles. The second-order valence-corrected chi connectivity index (χ2v) is 12.9. The molecule has 4 aliphatic rings. The number of ether oxygens (including phenoxy) is 2. The number of rotatable bonds is 10. The van der Waals surface area contributed by atoms with Crippen molar-refractivity contribution in [2.45, 2.75) is 116 Å². The third-order valence-corrected chi connectivity index (χ3v) is 10.7. The van der Waals surface area contributed by atoms with E-state index in [-0.39, 0.29) is 31.0 Å². The smallest absolute Gasteiger partial charge is 0.306 e. The lowest BCUT2D eigenvalue weighted by atomic mass is 9.44. The van der Waals surface area contributed by atoms with Gasteiger partial charge in [-0.15, -0.1) is 0 Å². The van der Waals surface area contributed by atoms with Crippen LogP contribution < -0.4 is 0 Å². The summed E-state index contributed by atoms with van der Waals surface area (Å²) in [5, 5.41) is 11.7. The Morgan fingerprint density at radius 2 is 1.73 bits per heavy atom. The van der Waals surface area contributed by atoms with Gasteiger partial charge in [-0.2, -0.15) is 0 Å². The largest absolute Gasteiger partial charge is 0.457 e. The first kappa shape index (κ1) is 30.6. The van der Waals surface area contributed by atoms with Gasteiger partial charge in [-0.25, -0.2) is 4.39 Å². The van der Waals surface area contributed by atoms with Gasteiger partial charge in [-0.1, -0.05) is 52.2 Å². The first-order valence-electron chi connectivity index (χ1n) is 15.0. The van der Waals surface area contributed by atoms with Crippen LogP contribution in [0.5, 0.6) is 0 Å². The highest BCUT2D eigenvalue weighted by molar-refractivity contribution is 6.01. The fourth-order valence-corrected chi connectivity index (χ4v) is 8.60. The van der Waals surface area contributed by atoms with Gasteiger partial charge in [0.05, 0.1) is 6.10 Å². The van der Waals surface area contributed by atoms with Crippen molar-refractivity contribution in [3.63, 3.8) is 0 Å². The van der Waals surface area contributed by atoms with Crippen molar-refractivity contribution < 1.29 is 38.1 Å². The number of ketones is 2. The summed E-state index contributed by atoms with van der Waals surface area (Å²) in [5.74, 6) is -3.17. The van der Waals surface area contributed by atoms with Crippen LogP contribution >= 0.6 is 0 Å². The van der Waals surface area contributed by atoms with E-state index in [1.165, 1.54) is 12.2 Å². The zero-order valence-electron chi connectivity index (χ0n) is 24.6. The molecule has 3 saturated carbocycles. The number of Topliss-reactive ketones (excluding diaryl/α,β-unsaturated/α-hetero) is 1. The summed E-state index contributed by atoms with van der Waals surface area (Å²) in [4.78, 5) is 51.7. The predicted molar refractivity (Wildman–Crippen MR) is 147 cm³/mol. The third kappa shape index (κ3) is 4.49. The Morgan fingerprint density at radius 1 is 1.07 bits per heavy atom. The molecule has 0 amide bonds. The fraction of sp³-hybridized carbons (Fsp3) is 0.750. The second kappa shape index (κ2) is 11.1. The Balaban J connectivity index is 1.74. The van der Waals surface area contributed by atoms with E-state index in [2.05, 4.69) is 0 Å². The van der Waals surface area contributed by atoms with Crippen molar-refractivity contribution in [1.29, 1.82) is 0 Å². The molecule has 0 unspecified atom stereocenters. The molecule has 4 aliphatic carbocycles. The number of esters is 2. The Bertz CT molecular complexity index is 1110. The summed E-state index contributed by atoms with van der Waals surface area (Å²) >= 11 is 0. The van der Waals surface area contributed by atoms with Gasteiger partial charge in [0.25, 0.3) is 0 Å². The summed E-state index contributed by atoms with van der Waals surface area (Å²) in [6.45, 7) is 8.80. The lowest BCUT2D eigenvalue weighted by Crippen LogP contribution is -2.70. The molecule has 0 aromatic carbocycles. The molecular weight excluding hydrogens is 515 g/mol. The van der Waals surface area contributed by atoms with E-state index >= 15 is 4.39 Å². The number of hydrogen-bond acceptors (Lipinski definition) is 7. The molecule has 0 radical (unpaired) electrons. The highest BCUT2D eigenvalue weighted by atomic mass is 19.1. The number of halogens is 1. The van der Waals surface area contributed by atoms with Gasteiger partial charge in [0.1, 0.15) is 0 Å². The van der Waals surface area contributed by atoms with Crippen molar-refractivity contribution in [1.82, 2.24) is 0 Å². The minimum Gasteiger partial charge on any atom is -0.457 e. The molecule has 0 spiro atoms. The van der Waals surface area contributed by atoms with Gasteiger partial charge >= 0.3 is 11.9 Å². The third-order valence-electron chi connectivity index (χ3n) is 10.7. The van der Waals surface area contributed by atoms with E-state index in [0.29, 0.717) is 37.7 Å². The molecule has 0 heterocycles. The quantitative estimate of drug-likeness (QED) is 0.358. The molecule has 1 N–H and O–H groups in total. The van der Waals surface area contributed by atoms with Gasteiger partial charge in [0.2, 0.25) is 5.78 Å². The number of allylic oxidation sites excluding steroid dienone is 4. The molecule has 0 aromatic rings. The number of fused-ring (bicyclic) bond motifs is 5. The molecule has 4 rings (SSSR count). The molecule has 3 fully saturated rings. The molecule has 222 valence electrons. The van der Waals surface area contributed by atoms with E-state index in [4.69, 9.17) is 9.47 Å². The van der Waals surface area contributed by atoms with E-state index in [9.17, 15) is 24.3 Å². The van der Waals surface area contributed by atoms with Crippen molar-refractivity contribution >= 4 is 23.5 Å². The average Bonchev–Trinajstić information content (AvgIpc) is 3.12. The van der Waals surface area contributed by atoms with Crippen LogP contribution in [0.2, 0.25) is 0 Å². The maximum atomic E-state index is 17.5. The maximum absolute atomic E-state index is 17.5. The van der Waals surface area contributed by atoms with Gasteiger partial charge in [-0.3, -0.25) is 19.2 Å². The minimum atomic E-state index is -2.06. The first-order valence-corrected chi connectivity index (χ1v) is 15.0. The molecular formula is C32H45FO7. The summed E-state index contributed by atoms with van der Waals surface area (Å²) in [5.41, 5.74) is -5.27. The topological polar surface area (TPSA) is 107 Å². The predicted octanol–water partition coefficient (Wildman–Crippen LogP) is 5.38. The Labute approximate surface area is 236 Å². The molecule has 8 atom stereocenters. The van der Waals surface area contributed by atoms with Crippen LogP contribution in [0.1, 0.15) is 98.8 Å².